The van der Waals surface area contributed by atoms with E-state index in [9.17, 15) is 4.79 Å². The van der Waals surface area contributed by atoms with E-state index in [1.165, 1.54) is 27.8 Å². The number of hydrogen-bond acceptors (Lipinski definition) is 9. The third-order valence-corrected chi connectivity index (χ3v) is 9.54. The second-order valence-corrected chi connectivity index (χ2v) is 13.0. The third kappa shape index (κ3) is 5.69. The van der Waals surface area contributed by atoms with Crippen molar-refractivity contribution >= 4 is 62.3 Å². The van der Waals surface area contributed by atoms with Crippen LogP contribution in [0.2, 0.25) is 0 Å². The highest BCUT2D eigenvalue weighted by Crippen LogP contribution is 2.41. The Morgan fingerprint density at radius 2 is 1.90 bits per heavy atom. The standard InChI is InChI=1S/C29H29N5O3S3/c1-4-36-20-12-10-19(11-13-20)30-23(35)17-39-28-33-32-25-24-21-14-29(2,3)37-15-22(21)40-26(24)31-27(34(25)28)38-16-18-8-6-5-7-9-18/h5-13H,4,14-17H2,1-3H3,(H,30,35). The fraction of sp³-hybridized carbons (Fsp3) is 0.310. The molecule has 0 radical (unpaired) electrons. The molecule has 11 heteroatoms. The summed E-state index contributed by atoms with van der Waals surface area (Å²) in [4.78, 5) is 20.1. The van der Waals surface area contributed by atoms with Gasteiger partial charge in [0.15, 0.2) is 16.0 Å². The second kappa shape index (κ2) is 11.4. The Morgan fingerprint density at radius 1 is 1.10 bits per heavy atom. The zero-order chi connectivity index (χ0) is 27.7. The first-order chi connectivity index (χ1) is 19.4. The van der Waals surface area contributed by atoms with Crippen LogP contribution in [0.15, 0.2) is 64.9 Å². The van der Waals surface area contributed by atoms with E-state index in [1.807, 2.05) is 53.8 Å². The summed E-state index contributed by atoms with van der Waals surface area (Å²) in [7, 11) is 0. The number of rotatable bonds is 9. The summed E-state index contributed by atoms with van der Waals surface area (Å²) in [5, 5.41) is 14.6. The number of aromatic nitrogens is 4. The van der Waals surface area contributed by atoms with Crippen molar-refractivity contribution < 1.29 is 14.3 Å². The molecule has 40 heavy (non-hydrogen) atoms. The largest absolute Gasteiger partial charge is 0.494 e. The first-order valence-corrected chi connectivity index (χ1v) is 15.8. The van der Waals surface area contributed by atoms with Gasteiger partial charge in [0, 0.05) is 22.7 Å². The molecule has 206 valence electrons. The Bertz CT molecular complexity index is 1670. The molecule has 0 aliphatic carbocycles. The highest BCUT2D eigenvalue weighted by atomic mass is 32.2. The number of nitrogens with one attached hydrogen (secondary N) is 1. The van der Waals surface area contributed by atoms with Crippen molar-refractivity contribution in [3.63, 3.8) is 0 Å². The molecule has 1 amide bonds. The molecule has 0 unspecified atom stereocenters. The van der Waals surface area contributed by atoms with Gasteiger partial charge in [0.1, 0.15) is 10.6 Å². The quantitative estimate of drug-likeness (QED) is 0.151. The number of fused-ring (bicyclic) bond motifs is 5. The highest BCUT2D eigenvalue weighted by Gasteiger charge is 2.31. The van der Waals surface area contributed by atoms with Crippen molar-refractivity contribution in [1.29, 1.82) is 0 Å². The minimum atomic E-state index is -0.255. The minimum absolute atomic E-state index is 0.120. The van der Waals surface area contributed by atoms with Crippen molar-refractivity contribution in [2.45, 2.75) is 55.5 Å². The van der Waals surface area contributed by atoms with E-state index in [2.05, 4.69) is 41.5 Å². The molecule has 0 spiro atoms. The molecule has 1 aliphatic rings. The summed E-state index contributed by atoms with van der Waals surface area (Å²) < 4.78 is 13.6. The molecule has 6 rings (SSSR count). The number of carbonyl (C=O) groups is 1. The van der Waals surface area contributed by atoms with Gasteiger partial charge in [-0.1, -0.05) is 53.9 Å². The molecular formula is C29H29N5O3S3. The lowest BCUT2D eigenvalue weighted by atomic mass is 9.94. The summed E-state index contributed by atoms with van der Waals surface area (Å²) in [5.41, 5.74) is 3.70. The first-order valence-electron chi connectivity index (χ1n) is 13.1. The molecule has 2 aromatic carbocycles. The molecule has 1 N–H and O–H groups in total. The van der Waals surface area contributed by atoms with Crippen molar-refractivity contribution in [1.82, 2.24) is 19.6 Å². The van der Waals surface area contributed by atoms with Crippen LogP contribution in [0.1, 0.15) is 36.8 Å². The average Bonchev–Trinajstić information content (AvgIpc) is 3.53. The maximum absolute atomic E-state index is 12.8. The van der Waals surface area contributed by atoms with Gasteiger partial charge in [-0.05, 0) is 56.2 Å². The van der Waals surface area contributed by atoms with E-state index in [-0.39, 0.29) is 17.3 Å². The van der Waals surface area contributed by atoms with E-state index in [0.29, 0.717) is 18.4 Å². The van der Waals surface area contributed by atoms with E-state index in [4.69, 9.17) is 14.5 Å². The molecule has 0 bridgehead atoms. The van der Waals surface area contributed by atoms with Crippen molar-refractivity contribution in [3.05, 3.63) is 70.6 Å². The zero-order valence-corrected chi connectivity index (χ0v) is 24.9. The molecule has 0 saturated heterocycles. The summed E-state index contributed by atoms with van der Waals surface area (Å²) in [5.74, 6) is 1.60. The number of ether oxygens (including phenoxy) is 2. The van der Waals surface area contributed by atoms with E-state index >= 15 is 0 Å². The maximum atomic E-state index is 12.8. The van der Waals surface area contributed by atoms with Crippen LogP contribution in [0.5, 0.6) is 5.75 Å². The van der Waals surface area contributed by atoms with Crippen LogP contribution in [0.4, 0.5) is 5.69 Å². The number of hydrogen-bond donors (Lipinski definition) is 1. The number of amides is 1. The third-order valence-electron chi connectivity index (χ3n) is 6.51. The predicted molar refractivity (Wildman–Crippen MR) is 162 cm³/mol. The summed E-state index contributed by atoms with van der Waals surface area (Å²) in [6.07, 6.45) is 0.788. The molecule has 0 fully saturated rings. The lowest BCUT2D eigenvalue weighted by Crippen LogP contribution is -2.31. The Balaban J connectivity index is 1.30. The number of thioether (sulfide) groups is 2. The van der Waals surface area contributed by atoms with Crippen molar-refractivity contribution in [2.24, 2.45) is 0 Å². The van der Waals surface area contributed by atoms with Gasteiger partial charge < -0.3 is 14.8 Å². The Morgan fingerprint density at radius 3 is 2.67 bits per heavy atom. The maximum Gasteiger partial charge on any atom is 0.234 e. The number of carbonyl (C=O) groups excluding carboxylic acids is 1. The number of thiophene rings is 1. The Labute approximate surface area is 244 Å². The normalized spacial score (nSPS) is 14.4. The molecule has 3 aromatic heterocycles. The van der Waals surface area contributed by atoms with E-state index < -0.39 is 0 Å². The van der Waals surface area contributed by atoms with Crippen LogP contribution in [0, 0.1) is 0 Å². The fourth-order valence-electron chi connectivity index (χ4n) is 4.63. The lowest BCUT2D eigenvalue weighted by Gasteiger charge is -2.30. The summed E-state index contributed by atoms with van der Waals surface area (Å²) in [6, 6.07) is 17.7. The minimum Gasteiger partial charge on any atom is -0.494 e. The molecule has 4 heterocycles. The predicted octanol–water partition coefficient (Wildman–Crippen LogP) is 6.61. The average molecular weight is 592 g/mol. The molecule has 1 aliphatic heterocycles. The van der Waals surface area contributed by atoms with E-state index in [0.717, 1.165) is 44.6 Å². The summed E-state index contributed by atoms with van der Waals surface area (Å²) >= 11 is 4.68. The zero-order valence-electron chi connectivity index (χ0n) is 22.5. The fourth-order valence-corrected chi connectivity index (χ4v) is 7.52. The van der Waals surface area contributed by atoms with Crippen LogP contribution in [-0.4, -0.2) is 43.5 Å². The second-order valence-electron chi connectivity index (χ2n) is 10.0. The smallest absolute Gasteiger partial charge is 0.234 e. The Hall–Kier alpha value is -3.12. The highest BCUT2D eigenvalue weighted by molar-refractivity contribution is 8.00. The molecule has 0 saturated carbocycles. The SMILES string of the molecule is CCOc1ccc(NC(=O)CSc2nnc3c4c5c(sc4nc(SCc4ccccc4)n23)COC(C)(C)C5)cc1. The number of anilines is 1. The molecule has 8 nitrogen and oxygen atoms in total. The topological polar surface area (TPSA) is 90.6 Å². The molecular weight excluding hydrogens is 563 g/mol. The van der Waals surface area contributed by atoms with Crippen LogP contribution < -0.4 is 10.1 Å². The van der Waals surface area contributed by atoms with Gasteiger partial charge in [0.2, 0.25) is 5.91 Å². The van der Waals surface area contributed by atoms with Gasteiger partial charge in [-0.25, -0.2) is 9.38 Å². The van der Waals surface area contributed by atoms with Crippen LogP contribution in [-0.2, 0) is 28.3 Å². The van der Waals surface area contributed by atoms with Gasteiger partial charge in [-0.15, -0.1) is 21.5 Å². The summed E-state index contributed by atoms with van der Waals surface area (Å²) in [6.45, 7) is 7.34. The van der Waals surface area contributed by atoms with Gasteiger partial charge in [0.25, 0.3) is 0 Å². The first kappa shape index (κ1) is 27.1. The van der Waals surface area contributed by atoms with Gasteiger partial charge in [-0.3, -0.25) is 4.79 Å². The van der Waals surface area contributed by atoms with Crippen molar-refractivity contribution in [2.75, 3.05) is 17.7 Å². The van der Waals surface area contributed by atoms with Crippen LogP contribution in [0.3, 0.4) is 0 Å². The van der Waals surface area contributed by atoms with E-state index in [1.54, 1.807) is 23.1 Å². The number of nitrogens with zero attached hydrogens (tertiary/aromatic N) is 4. The monoisotopic (exact) mass is 591 g/mol. The molecule has 5 aromatic rings. The van der Waals surface area contributed by atoms with Crippen LogP contribution in [0.25, 0.3) is 15.9 Å². The van der Waals surface area contributed by atoms with Gasteiger partial charge in [-0.2, -0.15) is 0 Å². The van der Waals surface area contributed by atoms with Gasteiger partial charge >= 0.3 is 0 Å². The van der Waals surface area contributed by atoms with Crippen LogP contribution >= 0.6 is 34.9 Å². The lowest BCUT2D eigenvalue weighted by molar-refractivity contribution is -0.113. The molecule has 0 atom stereocenters. The Kier molecular flexibility index (Phi) is 7.71. The van der Waals surface area contributed by atoms with Crippen molar-refractivity contribution in [3.8, 4) is 5.75 Å². The van der Waals surface area contributed by atoms with Gasteiger partial charge in [0.05, 0.1) is 30.0 Å². The number of benzene rings is 2.